The highest BCUT2D eigenvalue weighted by Crippen LogP contribution is 2.26. The van der Waals surface area contributed by atoms with Crippen molar-refractivity contribution >= 4 is 17.0 Å². The highest BCUT2D eigenvalue weighted by Gasteiger charge is 2.23. The van der Waals surface area contributed by atoms with E-state index < -0.39 is 0 Å². The van der Waals surface area contributed by atoms with Gasteiger partial charge in [-0.3, -0.25) is 19.6 Å². The van der Waals surface area contributed by atoms with Crippen molar-refractivity contribution in [2.75, 3.05) is 39.4 Å². The highest BCUT2D eigenvalue weighted by molar-refractivity contribution is 5.99. The Morgan fingerprint density at radius 2 is 1.88 bits per heavy atom. The second-order valence-electron chi connectivity index (χ2n) is 8.71. The normalized spacial score (nSPS) is 20.6. The Hall–Kier alpha value is -3.52. The lowest BCUT2D eigenvalue weighted by atomic mass is 10.1. The number of piperazine rings is 1. The van der Waals surface area contributed by atoms with Crippen molar-refractivity contribution in [3.8, 4) is 0 Å². The minimum absolute atomic E-state index is 0.120. The Kier molecular flexibility index (Phi) is 6.15. The number of halogens is 1. The zero-order valence-corrected chi connectivity index (χ0v) is 19.6. The van der Waals surface area contributed by atoms with E-state index in [1.54, 1.807) is 11.0 Å². The molecule has 5 rings (SSSR count). The van der Waals surface area contributed by atoms with Crippen molar-refractivity contribution in [1.29, 1.82) is 0 Å². The van der Waals surface area contributed by atoms with Crippen LogP contribution in [-0.4, -0.2) is 74.6 Å². The minimum Gasteiger partial charge on any atom is -0.368 e. The Labute approximate surface area is 198 Å². The summed E-state index contributed by atoms with van der Waals surface area (Å²) < 4.78 is 14.5. The van der Waals surface area contributed by atoms with Gasteiger partial charge < -0.3 is 4.90 Å². The number of allylic oxidation sites excluding steroid dienone is 6. The molecule has 3 aliphatic rings. The van der Waals surface area contributed by atoms with E-state index in [1.165, 1.54) is 0 Å². The van der Waals surface area contributed by atoms with Crippen LogP contribution < -0.4 is 0 Å². The summed E-state index contributed by atoms with van der Waals surface area (Å²) in [6.07, 6.45) is 16.1. The molecule has 2 aromatic heterocycles. The maximum absolute atomic E-state index is 13.3. The molecule has 1 amide bonds. The molecule has 0 atom stereocenters. The van der Waals surface area contributed by atoms with Gasteiger partial charge >= 0.3 is 0 Å². The van der Waals surface area contributed by atoms with E-state index in [9.17, 15) is 9.18 Å². The van der Waals surface area contributed by atoms with Crippen LogP contribution in [0.25, 0.3) is 11.1 Å². The number of rotatable bonds is 5. The van der Waals surface area contributed by atoms with Crippen molar-refractivity contribution in [2.45, 2.75) is 20.3 Å². The second-order valence-corrected chi connectivity index (χ2v) is 8.71. The van der Waals surface area contributed by atoms with Crippen LogP contribution in [0.1, 0.15) is 24.0 Å². The van der Waals surface area contributed by atoms with Gasteiger partial charge in [0.15, 0.2) is 0 Å². The number of carbonyl (C=O) groups excluding carboxylic acids is 1. The maximum Gasteiger partial charge on any atom is 0.255 e. The molecule has 0 radical (unpaired) electrons. The third-order valence-electron chi connectivity index (χ3n) is 6.44. The fraction of sp³-hybridized carbons (Fsp3) is 0.346. The molecule has 0 unspecified atom stereocenters. The molecule has 0 aliphatic carbocycles. The first-order valence-corrected chi connectivity index (χ1v) is 11.8. The first-order chi connectivity index (χ1) is 16.6. The van der Waals surface area contributed by atoms with Gasteiger partial charge in [-0.2, -0.15) is 5.10 Å². The highest BCUT2D eigenvalue weighted by atomic mass is 19.1. The van der Waals surface area contributed by atoms with Gasteiger partial charge in [-0.1, -0.05) is 19.1 Å². The summed E-state index contributed by atoms with van der Waals surface area (Å²) in [4.78, 5) is 24.0. The van der Waals surface area contributed by atoms with Crippen molar-refractivity contribution < 1.29 is 9.18 Å². The molecule has 7 nitrogen and oxygen atoms in total. The van der Waals surface area contributed by atoms with E-state index in [0.29, 0.717) is 6.54 Å². The number of hydrogen-bond donors (Lipinski definition) is 0. The summed E-state index contributed by atoms with van der Waals surface area (Å²) in [5.74, 6) is -0.120. The summed E-state index contributed by atoms with van der Waals surface area (Å²) in [6, 6.07) is 2.00. The Morgan fingerprint density at radius 3 is 2.65 bits per heavy atom. The molecule has 0 aromatic carbocycles. The van der Waals surface area contributed by atoms with Gasteiger partial charge in [-0.15, -0.1) is 0 Å². The summed E-state index contributed by atoms with van der Waals surface area (Å²) in [7, 11) is 0. The molecule has 34 heavy (non-hydrogen) atoms. The lowest BCUT2D eigenvalue weighted by Gasteiger charge is -2.37. The Bertz CT molecular complexity index is 1260. The van der Waals surface area contributed by atoms with Crippen LogP contribution in [0.4, 0.5) is 4.39 Å². The average Bonchev–Trinajstić information content (AvgIpc) is 3.26. The monoisotopic (exact) mass is 460 g/mol. The Morgan fingerprint density at radius 1 is 1.09 bits per heavy atom. The van der Waals surface area contributed by atoms with Gasteiger partial charge in [-0.05, 0) is 37.6 Å². The molecule has 0 N–H and O–H groups in total. The molecule has 0 saturated carbocycles. The van der Waals surface area contributed by atoms with Gasteiger partial charge in [0, 0.05) is 56.3 Å². The molecule has 176 valence electrons. The third-order valence-corrected chi connectivity index (χ3v) is 6.44. The van der Waals surface area contributed by atoms with Crippen LogP contribution in [-0.2, 0) is 11.2 Å². The average molecular weight is 461 g/mol. The smallest absolute Gasteiger partial charge is 0.255 e. The van der Waals surface area contributed by atoms with Crippen LogP contribution in [0, 0.1) is 6.92 Å². The fourth-order valence-corrected chi connectivity index (χ4v) is 4.61. The van der Waals surface area contributed by atoms with Gasteiger partial charge in [-0.25, -0.2) is 8.91 Å². The predicted molar refractivity (Wildman–Crippen MR) is 130 cm³/mol. The number of hydrogen-bond acceptors (Lipinski definition) is 5. The van der Waals surface area contributed by atoms with Gasteiger partial charge in [0.1, 0.15) is 6.67 Å². The number of nitrogens with zero attached hydrogens (tertiary/aromatic N) is 6. The molecule has 1 fully saturated rings. The molecule has 8 heteroatoms. The van der Waals surface area contributed by atoms with Crippen LogP contribution in [0.2, 0.25) is 0 Å². The lowest BCUT2D eigenvalue weighted by Crippen LogP contribution is -2.46. The van der Waals surface area contributed by atoms with E-state index in [4.69, 9.17) is 5.10 Å². The number of fused-ring (bicyclic) bond motifs is 2. The van der Waals surface area contributed by atoms with Crippen molar-refractivity contribution in [1.82, 2.24) is 29.3 Å². The summed E-state index contributed by atoms with van der Waals surface area (Å²) in [5.41, 5.74) is 6.16. The largest absolute Gasteiger partial charge is 0.368 e. The molecule has 2 aromatic rings. The van der Waals surface area contributed by atoms with Crippen LogP contribution >= 0.6 is 0 Å². The standard InChI is InChI=1S/C26H29FN6O/c1-3-23-25-16-24(29-33(25)17-19(2)28-23)20-5-4-6-21-7-8-22(18-32(21)26(34)15-20)31-13-11-30(10-9-27)12-14-31/h4-8,15-18H,3,9-14H2,1-2H3/b5-4?,20-15?,21-6+. The number of aromatic nitrogens is 3. The molecule has 0 bridgehead atoms. The zero-order chi connectivity index (χ0) is 23.7. The van der Waals surface area contributed by atoms with Gasteiger partial charge in [0.25, 0.3) is 5.91 Å². The van der Waals surface area contributed by atoms with Crippen LogP contribution in [0.3, 0.4) is 0 Å². The minimum atomic E-state index is -0.316. The van der Waals surface area contributed by atoms with E-state index in [2.05, 4.69) is 21.7 Å². The predicted octanol–water partition coefficient (Wildman–Crippen LogP) is 3.26. The topological polar surface area (TPSA) is 57.0 Å². The summed E-state index contributed by atoms with van der Waals surface area (Å²) >= 11 is 0. The van der Waals surface area contributed by atoms with E-state index >= 15 is 0 Å². The first kappa shape index (κ1) is 22.3. The van der Waals surface area contributed by atoms with Gasteiger partial charge in [0.2, 0.25) is 0 Å². The molecular formula is C26H29FN6O. The number of aryl methyl sites for hydroxylation is 2. The molecule has 0 spiro atoms. The SMILES string of the molecule is CCc1nc(C)cn2nc(C3=CC(=O)N4C=C(N5CCN(CCF)CC5)C=C/C4=C\C=C3)cc12. The summed E-state index contributed by atoms with van der Waals surface area (Å²) in [6.45, 7) is 7.47. The quantitative estimate of drug-likeness (QED) is 0.686. The van der Waals surface area contributed by atoms with E-state index in [1.807, 2.05) is 60.3 Å². The van der Waals surface area contributed by atoms with Crippen LogP contribution in [0.5, 0.6) is 0 Å². The van der Waals surface area contributed by atoms with Crippen molar-refractivity contribution in [3.05, 3.63) is 83.4 Å². The van der Waals surface area contributed by atoms with Crippen LogP contribution in [0.15, 0.2) is 66.3 Å². The van der Waals surface area contributed by atoms with E-state index in [-0.39, 0.29) is 12.6 Å². The van der Waals surface area contributed by atoms with E-state index in [0.717, 1.165) is 72.2 Å². The number of alkyl halides is 1. The molecule has 5 heterocycles. The maximum atomic E-state index is 13.3. The van der Waals surface area contributed by atoms with Crippen molar-refractivity contribution in [2.24, 2.45) is 0 Å². The van der Waals surface area contributed by atoms with Crippen molar-refractivity contribution in [3.63, 3.8) is 0 Å². The number of carbonyl (C=O) groups is 1. The van der Waals surface area contributed by atoms with Gasteiger partial charge in [0.05, 0.1) is 34.5 Å². The molecule has 1 saturated heterocycles. The molecular weight excluding hydrogens is 431 g/mol. The Balaban J connectivity index is 1.42. The second kappa shape index (κ2) is 9.38. The third kappa shape index (κ3) is 4.33. The summed E-state index contributed by atoms with van der Waals surface area (Å²) in [5, 5.41) is 4.72. The fourth-order valence-electron chi connectivity index (χ4n) is 4.61. The first-order valence-electron chi connectivity index (χ1n) is 11.8. The zero-order valence-electron chi connectivity index (χ0n) is 19.6. The number of amides is 1. The lowest BCUT2D eigenvalue weighted by molar-refractivity contribution is -0.122. The molecule has 3 aliphatic heterocycles.